The smallest absolute Gasteiger partial charge is 0.0446 e. The normalized spacial score (nSPS) is 31.2. The Morgan fingerprint density at radius 2 is 1.62 bits per heavy atom. The van der Waals surface area contributed by atoms with E-state index >= 15 is 0 Å². The van der Waals surface area contributed by atoms with Gasteiger partial charge in [-0.05, 0) is 59.3 Å². The van der Waals surface area contributed by atoms with Crippen molar-refractivity contribution < 1.29 is 0 Å². The molecule has 1 heteroatoms. The van der Waals surface area contributed by atoms with E-state index in [9.17, 15) is 0 Å². The zero-order valence-corrected chi connectivity index (χ0v) is 14.6. The second-order valence-electron chi connectivity index (χ2n) is 9.34. The molecule has 21 heavy (non-hydrogen) atoms. The van der Waals surface area contributed by atoms with E-state index in [1.54, 1.807) is 22.4 Å². The molecule has 0 saturated carbocycles. The first-order valence-electron chi connectivity index (χ1n) is 8.60. The molecule has 0 saturated heterocycles. The van der Waals surface area contributed by atoms with Gasteiger partial charge in [0.05, 0.1) is 0 Å². The number of anilines is 1. The van der Waals surface area contributed by atoms with E-state index in [0.717, 1.165) is 0 Å². The van der Waals surface area contributed by atoms with Gasteiger partial charge in [0, 0.05) is 24.2 Å². The van der Waals surface area contributed by atoms with Gasteiger partial charge < -0.3 is 4.90 Å². The zero-order valence-electron chi connectivity index (χ0n) is 14.6. The summed E-state index contributed by atoms with van der Waals surface area (Å²) in [6, 6.07) is 2.53. The van der Waals surface area contributed by atoms with E-state index in [1.165, 1.54) is 37.9 Å². The molecule has 0 bridgehead atoms. The fraction of sp³-hybridized carbons (Fsp3) is 0.700. The number of hydrogen-bond donors (Lipinski definition) is 0. The predicted octanol–water partition coefficient (Wildman–Crippen LogP) is 4.83. The van der Waals surface area contributed by atoms with Gasteiger partial charge in [0.1, 0.15) is 0 Å². The fourth-order valence-corrected chi connectivity index (χ4v) is 5.35. The lowest BCUT2D eigenvalue weighted by Crippen LogP contribution is -2.39. The maximum Gasteiger partial charge on any atom is 0.0446 e. The molecular weight excluding hydrogens is 254 g/mol. The molecule has 4 rings (SSSR count). The van der Waals surface area contributed by atoms with Crippen molar-refractivity contribution in [2.75, 3.05) is 18.0 Å². The fourth-order valence-electron chi connectivity index (χ4n) is 5.35. The van der Waals surface area contributed by atoms with E-state index in [1.807, 2.05) is 0 Å². The second kappa shape index (κ2) is 3.67. The minimum Gasteiger partial charge on any atom is -0.370 e. The van der Waals surface area contributed by atoms with Crippen molar-refractivity contribution in [1.29, 1.82) is 0 Å². The molecule has 1 aromatic rings. The van der Waals surface area contributed by atoms with E-state index in [-0.39, 0.29) is 0 Å². The van der Waals surface area contributed by atoms with Crippen LogP contribution >= 0.6 is 0 Å². The highest BCUT2D eigenvalue weighted by Gasteiger charge is 2.51. The van der Waals surface area contributed by atoms with E-state index in [0.29, 0.717) is 16.2 Å². The summed E-state index contributed by atoms with van der Waals surface area (Å²) in [5.41, 5.74) is 9.24. The molecule has 1 atom stereocenters. The molecule has 2 heterocycles. The van der Waals surface area contributed by atoms with Crippen LogP contribution in [0.25, 0.3) is 0 Å². The highest BCUT2D eigenvalue weighted by molar-refractivity contribution is 5.75. The largest absolute Gasteiger partial charge is 0.370 e. The Labute approximate surface area is 129 Å². The minimum absolute atomic E-state index is 0.332. The summed E-state index contributed by atoms with van der Waals surface area (Å²) in [7, 11) is 0. The number of benzene rings is 1. The van der Waals surface area contributed by atoms with E-state index in [2.05, 4.69) is 52.5 Å². The summed E-state index contributed by atoms with van der Waals surface area (Å²) in [6.45, 7) is 17.1. The lowest BCUT2D eigenvalue weighted by molar-refractivity contribution is 0.327. The summed E-state index contributed by atoms with van der Waals surface area (Å²) >= 11 is 0. The molecular formula is C20H29N. The van der Waals surface area contributed by atoms with Crippen LogP contribution in [0.1, 0.15) is 76.1 Å². The van der Waals surface area contributed by atoms with Gasteiger partial charge in [0.15, 0.2) is 0 Å². The third-order valence-corrected chi connectivity index (χ3v) is 6.67. The van der Waals surface area contributed by atoms with E-state index < -0.39 is 0 Å². The van der Waals surface area contributed by atoms with Crippen LogP contribution in [0.5, 0.6) is 0 Å². The molecule has 1 unspecified atom stereocenters. The van der Waals surface area contributed by atoms with Gasteiger partial charge in [-0.15, -0.1) is 0 Å². The predicted molar refractivity (Wildman–Crippen MR) is 90.6 cm³/mol. The van der Waals surface area contributed by atoms with Gasteiger partial charge in [-0.3, -0.25) is 0 Å². The molecule has 0 radical (unpaired) electrons. The van der Waals surface area contributed by atoms with Gasteiger partial charge in [0.2, 0.25) is 0 Å². The molecule has 1 aliphatic carbocycles. The van der Waals surface area contributed by atoms with Gasteiger partial charge in [-0.2, -0.15) is 0 Å². The van der Waals surface area contributed by atoms with Crippen molar-refractivity contribution in [3.8, 4) is 0 Å². The Bertz CT molecular complexity index is 638. The highest BCUT2D eigenvalue weighted by Crippen LogP contribution is 2.58. The van der Waals surface area contributed by atoms with Crippen molar-refractivity contribution in [3.05, 3.63) is 28.3 Å². The lowest BCUT2D eigenvalue weighted by Gasteiger charge is -2.43. The Morgan fingerprint density at radius 1 is 0.905 bits per heavy atom. The van der Waals surface area contributed by atoms with Crippen LogP contribution in [0.3, 0.4) is 0 Å². The summed E-state index contributed by atoms with van der Waals surface area (Å²) in [6.07, 6.45) is 3.96. The quantitative estimate of drug-likeness (QED) is 0.659. The minimum atomic E-state index is 0.332. The first-order chi connectivity index (χ1) is 9.66. The van der Waals surface area contributed by atoms with Gasteiger partial charge in [-0.1, -0.05) is 40.7 Å². The van der Waals surface area contributed by atoms with Crippen LogP contribution in [0.15, 0.2) is 6.07 Å². The van der Waals surface area contributed by atoms with Crippen LogP contribution < -0.4 is 4.90 Å². The van der Waals surface area contributed by atoms with Gasteiger partial charge in [-0.25, -0.2) is 0 Å². The molecule has 0 amide bonds. The summed E-state index contributed by atoms with van der Waals surface area (Å²) in [5, 5.41) is 0. The molecule has 3 aliphatic rings. The summed E-state index contributed by atoms with van der Waals surface area (Å²) in [5.74, 6) is 0. The Morgan fingerprint density at radius 3 is 2.33 bits per heavy atom. The Hall–Kier alpha value is -0.980. The van der Waals surface area contributed by atoms with E-state index in [4.69, 9.17) is 0 Å². The third kappa shape index (κ3) is 1.58. The maximum atomic E-state index is 2.71. The molecule has 1 nitrogen and oxygen atoms in total. The molecule has 0 aromatic heterocycles. The first-order valence-corrected chi connectivity index (χ1v) is 8.60. The van der Waals surface area contributed by atoms with Crippen molar-refractivity contribution in [1.82, 2.24) is 0 Å². The highest BCUT2D eigenvalue weighted by atomic mass is 15.2. The molecule has 0 spiro atoms. The van der Waals surface area contributed by atoms with Crippen molar-refractivity contribution in [2.45, 2.75) is 77.0 Å². The Kier molecular flexibility index (Phi) is 2.39. The second-order valence-corrected chi connectivity index (χ2v) is 9.34. The van der Waals surface area contributed by atoms with Crippen LogP contribution in [-0.2, 0) is 16.2 Å². The molecule has 0 fully saturated rings. The van der Waals surface area contributed by atoms with Crippen LogP contribution in [0.2, 0.25) is 0 Å². The average Bonchev–Trinajstić information content (AvgIpc) is 2.67. The zero-order chi connectivity index (χ0) is 15.2. The van der Waals surface area contributed by atoms with Gasteiger partial charge >= 0.3 is 0 Å². The summed E-state index contributed by atoms with van der Waals surface area (Å²) in [4.78, 5) is 2.71. The average molecular weight is 283 g/mol. The first kappa shape index (κ1) is 13.7. The van der Waals surface area contributed by atoms with Crippen LogP contribution in [0.4, 0.5) is 5.69 Å². The monoisotopic (exact) mass is 283 g/mol. The maximum absolute atomic E-state index is 2.71. The lowest BCUT2D eigenvalue weighted by atomic mass is 9.61. The standard InChI is InChI=1S/C20H29N/c1-13-11-14-17-16-15(13)19(4,5)7-8-20(16,6)12-21(17)10-9-18(14,2)3/h11H,7-10,12H2,1-6H3. The molecule has 2 aliphatic heterocycles. The SMILES string of the molecule is Cc1cc2c3c4c1C(C)(C)CCC4(C)CN3CCC2(C)C. The number of hydrogen-bond acceptors (Lipinski definition) is 1. The molecule has 114 valence electrons. The number of aryl methyl sites for hydroxylation is 1. The van der Waals surface area contributed by atoms with Crippen molar-refractivity contribution in [3.63, 3.8) is 0 Å². The van der Waals surface area contributed by atoms with Crippen LogP contribution in [0, 0.1) is 6.92 Å². The van der Waals surface area contributed by atoms with Crippen molar-refractivity contribution in [2.24, 2.45) is 0 Å². The third-order valence-electron chi connectivity index (χ3n) is 6.67. The molecule has 0 N–H and O–H groups in total. The molecule has 1 aromatic carbocycles. The number of nitrogens with zero attached hydrogens (tertiary/aromatic N) is 1. The number of rotatable bonds is 0. The van der Waals surface area contributed by atoms with Crippen LogP contribution in [-0.4, -0.2) is 13.1 Å². The van der Waals surface area contributed by atoms with Gasteiger partial charge in [0.25, 0.3) is 0 Å². The Balaban J connectivity index is 2.11. The van der Waals surface area contributed by atoms with Crippen molar-refractivity contribution >= 4 is 5.69 Å². The summed E-state index contributed by atoms with van der Waals surface area (Å²) < 4.78 is 0. The topological polar surface area (TPSA) is 3.24 Å².